The molecule has 0 spiro atoms. The maximum Gasteiger partial charge on any atom is 0.256 e. The number of sulfonamides is 1. The van der Waals surface area contributed by atoms with Crippen LogP contribution in [0.25, 0.3) is 5.65 Å². The van der Waals surface area contributed by atoms with E-state index in [4.69, 9.17) is 26.4 Å². The van der Waals surface area contributed by atoms with E-state index in [2.05, 4.69) is 21.5 Å². The zero-order valence-electron chi connectivity index (χ0n) is 22.2. The fourth-order valence-electron chi connectivity index (χ4n) is 5.26. The van der Waals surface area contributed by atoms with Crippen molar-refractivity contribution in [1.29, 1.82) is 0 Å². The van der Waals surface area contributed by atoms with E-state index >= 15 is 0 Å². The zero-order chi connectivity index (χ0) is 27.7. The van der Waals surface area contributed by atoms with E-state index in [9.17, 15) is 13.2 Å². The molecule has 2 fully saturated rings. The van der Waals surface area contributed by atoms with E-state index < -0.39 is 10.0 Å². The number of aromatic nitrogens is 3. The Morgan fingerprint density at radius 1 is 1.18 bits per heavy atom. The lowest BCUT2D eigenvalue weighted by Crippen LogP contribution is -2.39. The Bertz CT molecular complexity index is 1590. The summed E-state index contributed by atoms with van der Waals surface area (Å²) in [7, 11) is -3.60. The smallest absolute Gasteiger partial charge is 0.256 e. The number of carbonyl (C=O) groups is 1. The van der Waals surface area contributed by atoms with Gasteiger partial charge in [0.05, 0.1) is 42.5 Å². The molecule has 0 bridgehead atoms. The molecule has 10 nitrogen and oxygen atoms in total. The van der Waals surface area contributed by atoms with E-state index in [1.165, 1.54) is 12.1 Å². The normalized spacial score (nSPS) is 18.1. The fraction of sp³-hybridized carbons (Fsp3) is 0.444. The van der Waals surface area contributed by atoms with Crippen LogP contribution in [0.3, 0.4) is 0 Å². The number of halogens is 1. The number of hydrogen-bond donors (Lipinski definition) is 1. The molecule has 0 aliphatic carbocycles. The number of anilines is 2. The van der Waals surface area contributed by atoms with Gasteiger partial charge in [-0.15, -0.1) is 0 Å². The Morgan fingerprint density at radius 2 is 1.95 bits per heavy atom. The van der Waals surface area contributed by atoms with Crippen molar-refractivity contribution in [3.8, 4) is 11.8 Å². The van der Waals surface area contributed by atoms with Crippen molar-refractivity contribution < 1.29 is 17.9 Å². The first-order chi connectivity index (χ1) is 18.7. The van der Waals surface area contributed by atoms with Gasteiger partial charge in [-0.2, -0.15) is 9.61 Å². The van der Waals surface area contributed by atoms with E-state index in [0.717, 1.165) is 55.7 Å². The molecular weight excluding hydrogens is 540 g/mol. The Kier molecular flexibility index (Phi) is 7.71. The van der Waals surface area contributed by atoms with Crippen LogP contribution < -0.4 is 9.62 Å². The lowest BCUT2D eigenvalue weighted by molar-refractivity contribution is 0.0607. The molecule has 3 aromatic rings. The van der Waals surface area contributed by atoms with Crippen molar-refractivity contribution in [1.82, 2.24) is 19.5 Å². The SMILES string of the molecule is CC#Cc1nc2cc([C@@H]3CCCCN3C(=O)c3cc(Cl)ccc3NS(C)(=O)=O)nn2c(N2CCOCC2)c1C. The van der Waals surface area contributed by atoms with Crippen LogP contribution in [0.5, 0.6) is 0 Å². The highest BCUT2D eigenvalue weighted by molar-refractivity contribution is 7.92. The Balaban J connectivity index is 1.58. The van der Waals surface area contributed by atoms with Crippen LogP contribution in [-0.4, -0.2) is 72.9 Å². The summed E-state index contributed by atoms with van der Waals surface area (Å²) in [5.41, 5.74) is 3.43. The first-order valence-corrected chi connectivity index (χ1v) is 15.2. The third-order valence-corrected chi connectivity index (χ3v) is 7.82. The Morgan fingerprint density at radius 3 is 2.67 bits per heavy atom. The lowest BCUT2D eigenvalue weighted by Gasteiger charge is -2.35. The highest BCUT2D eigenvalue weighted by Gasteiger charge is 2.33. The van der Waals surface area contributed by atoms with E-state index in [0.29, 0.717) is 36.1 Å². The molecule has 39 heavy (non-hydrogen) atoms. The summed E-state index contributed by atoms with van der Waals surface area (Å²) in [5, 5.41) is 5.34. The number of likely N-dealkylation sites (tertiary alicyclic amines) is 1. The van der Waals surface area contributed by atoms with Crippen molar-refractivity contribution in [3.63, 3.8) is 0 Å². The monoisotopic (exact) mass is 570 g/mol. The second-order valence-corrected chi connectivity index (χ2v) is 12.0. The second-order valence-electron chi connectivity index (χ2n) is 9.80. The number of nitrogens with one attached hydrogen (secondary N) is 1. The first-order valence-electron chi connectivity index (χ1n) is 12.9. The van der Waals surface area contributed by atoms with Gasteiger partial charge in [0.25, 0.3) is 5.91 Å². The number of ether oxygens (including phenoxy) is 1. The highest BCUT2D eigenvalue weighted by atomic mass is 35.5. The molecule has 2 aliphatic heterocycles. The molecule has 0 saturated carbocycles. The summed E-state index contributed by atoms with van der Waals surface area (Å²) >= 11 is 6.23. The molecule has 1 N–H and O–H groups in total. The van der Waals surface area contributed by atoms with Crippen LogP contribution in [-0.2, 0) is 14.8 Å². The summed E-state index contributed by atoms with van der Waals surface area (Å²) in [5.74, 6) is 6.70. The van der Waals surface area contributed by atoms with Gasteiger partial charge in [-0.25, -0.2) is 13.4 Å². The molecule has 1 atom stereocenters. The molecule has 206 valence electrons. The summed E-state index contributed by atoms with van der Waals surface area (Å²) in [6.07, 6.45) is 3.53. The summed E-state index contributed by atoms with van der Waals surface area (Å²) in [4.78, 5) is 22.7. The standard InChI is InChI=1S/C27H31ClN6O4S/c1-4-7-21-18(2)26(32-12-14-38-15-13-32)34-25(29-21)17-23(30-34)24-8-5-6-11-33(24)27(35)20-16-19(28)9-10-22(20)31-39(3,36)37/h9-10,16-17,24,31H,5-6,8,11-15H2,1-3H3/t24-/m0/s1. The minimum absolute atomic E-state index is 0.195. The zero-order valence-corrected chi connectivity index (χ0v) is 23.8. The van der Waals surface area contributed by atoms with Gasteiger partial charge in [-0.1, -0.05) is 17.5 Å². The minimum atomic E-state index is -3.60. The van der Waals surface area contributed by atoms with E-state index in [1.54, 1.807) is 17.9 Å². The van der Waals surface area contributed by atoms with Gasteiger partial charge in [0, 0.05) is 36.3 Å². The predicted molar refractivity (Wildman–Crippen MR) is 151 cm³/mol. The Hall–Kier alpha value is -3.33. The third kappa shape index (κ3) is 5.69. The van der Waals surface area contributed by atoms with Gasteiger partial charge >= 0.3 is 0 Å². The number of morpholine rings is 1. The number of carbonyl (C=O) groups excluding carboxylic acids is 1. The van der Waals surface area contributed by atoms with Crippen LogP contribution in [0.1, 0.15) is 59.5 Å². The molecule has 0 unspecified atom stereocenters. The molecule has 4 heterocycles. The molecule has 2 saturated heterocycles. The van der Waals surface area contributed by atoms with Crippen LogP contribution in [0.15, 0.2) is 24.3 Å². The van der Waals surface area contributed by atoms with Crippen molar-refractivity contribution in [3.05, 3.63) is 51.8 Å². The number of nitrogens with zero attached hydrogens (tertiary/aromatic N) is 5. The van der Waals surface area contributed by atoms with Crippen LogP contribution in [0, 0.1) is 18.8 Å². The molecule has 12 heteroatoms. The van der Waals surface area contributed by atoms with Gasteiger partial charge in [-0.05, 0) is 57.2 Å². The third-order valence-electron chi connectivity index (χ3n) is 6.99. The van der Waals surface area contributed by atoms with Crippen molar-refractivity contribution in [2.75, 3.05) is 48.7 Å². The quantitative estimate of drug-likeness (QED) is 0.466. The molecule has 2 aliphatic rings. The predicted octanol–water partition coefficient (Wildman–Crippen LogP) is 3.64. The average molecular weight is 571 g/mol. The summed E-state index contributed by atoms with van der Waals surface area (Å²) in [6.45, 7) is 7.01. The van der Waals surface area contributed by atoms with Crippen molar-refractivity contribution in [2.45, 2.75) is 39.2 Å². The lowest BCUT2D eigenvalue weighted by atomic mass is 9.98. The van der Waals surface area contributed by atoms with Crippen molar-refractivity contribution in [2.24, 2.45) is 0 Å². The van der Waals surface area contributed by atoms with Gasteiger partial charge in [0.15, 0.2) is 5.65 Å². The molecule has 2 aromatic heterocycles. The second kappa shape index (κ2) is 11.0. The fourth-order valence-corrected chi connectivity index (χ4v) is 6.01. The van der Waals surface area contributed by atoms with Gasteiger partial charge in [0.1, 0.15) is 11.5 Å². The number of amides is 1. The number of benzene rings is 1. The largest absolute Gasteiger partial charge is 0.378 e. The topological polar surface area (TPSA) is 109 Å². The van der Waals surface area contributed by atoms with Crippen LogP contribution >= 0.6 is 11.6 Å². The molecule has 1 aromatic carbocycles. The Labute approximate surface area is 233 Å². The van der Waals surface area contributed by atoms with Crippen LogP contribution in [0.2, 0.25) is 5.02 Å². The van der Waals surface area contributed by atoms with Gasteiger partial charge < -0.3 is 14.5 Å². The average Bonchev–Trinajstić information content (AvgIpc) is 3.33. The number of hydrogen-bond acceptors (Lipinski definition) is 7. The minimum Gasteiger partial charge on any atom is -0.378 e. The summed E-state index contributed by atoms with van der Waals surface area (Å²) < 4.78 is 33.8. The van der Waals surface area contributed by atoms with Crippen LogP contribution in [0.4, 0.5) is 11.5 Å². The highest BCUT2D eigenvalue weighted by Crippen LogP contribution is 2.35. The molecular formula is C27H31ClN6O4S. The molecule has 1 amide bonds. The maximum absolute atomic E-state index is 13.9. The van der Waals surface area contributed by atoms with Crippen molar-refractivity contribution >= 4 is 44.7 Å². The number of fused-ring (bicyclic) bond motifs is 1. The van der Waals surface area contributed by atoms with Gasteiger partial charge in [0.2, 0.25) is 10.0 Å². The summed E-state index contributed by atoms with van der Waals surface area (Å²) in [6, 6.07) is 6.19. The number of rotatable bonds is 5. The van der Waals surface area contributed by atoms with E-state index in [-0.39, 0.29) is 23.2 Å². The van der Waals surface area contributed by atoms with Gasteiger partial charge in [-0.3, -0.25) is 9.52 Å². The molecule has 5 rings (SSSR count). The number of piperidine rings is 1. The van der Waals surface area contributed by atoms with E-state index in [1.807, 2.05) is 17.5 Å². The maximum atomic E-state index is 13.9. The first kappa shape index (κ1) is 27.2. The molecule has 0 radical (unpaired) electrons.